The van der Waals surface area contributed by atoms with Crippen molar-refractivity contribution in [2.75, 3.05) is 30.4 Å². The Balaban J connectivity index is 1.53. The van der Waals surface area contributed by atoms with Crippen molar-refractivity contribution in [2.45, 2.75) is 21.9 Å². The number of hydrogen-bond acceptors (Lipinski definition) is 9. The van der Waals surface area contributed by atoms with E-state index in [1.165, 1.54) is 55.5 Å². The molecule has 1 heterocycles. The zero-order valence-corrected chi connectivity index (χ0v) is 23.4. The monoisotopic (exact) mass is 570 g/mol. The van der Waals surface area contributed by atoms with E-state index < -0.39 is 22.5 Å². The van der Waals surface area contributed by atoms with Crippen molar-refractivity contribution in [3.05, 3.63) is 83.9 Å². The quantitative estimate of drug-likeness (QED) is 0.198. The number of sulfonamides is 1. The van der Waals surface area contributed by atoms with E-state index in [0.29, 0.717) is 21.5 Å². The Hall–Kier alpha value is -3.61. The van der Waals surface area contributed by atoms with Crippen LogP contribution in [0.2, 0.25) is 0 Å². The van der Waals surface area contributed by atoms with Crippen LogP contribution < -0.4 is 19.1 Å². The van der Waals surface area contributed by atoms with Gasteiger partial charge in [-0.1, -0.05) is 71.1 Å². The highest BCUT2D eigenvalue weighted by molar-refractivity contribution is 8.00. The van der Waals surface area contributed by atoms with Crippen molar-refractivity contribution in [2.24, 2.45) is 0 Å². The maximum Gasteiger partial charge on any atom is 0.264 e. The molecule has 4 rings (SSSR count). The predicted octanol–water partition coefficient (Wildman–Crippen LogP) is 4.99. The van der Waals surface area contributed by atoms with Crippen molar-refractivity contribution < 1.29 is 22.7 Å². The van der Waals surface area contributed by atoms with Gasteiger partial charge in [0.05, 0.1) is 24.8 Å². The number of amides is 1. The molecule has 38 heavy (non-hydrogen) atoms. The number of anilines is 2. The van der Waals surface area contributed by atoms with Crippen LogP contribution in [0.5, 0.6) is 11.5 Å². The molecule has 198 valence electrons. The molecule has 0 bridgehead atoms. The number of carbonyl (C=O) groups excluding carboxylic acids is 1. The van der Waals surface area contributed by atoms with Crippen LogP contribution in [0.25, 0.3) is 0 Å². The third kappa shape index (κ3) is 6.63. The molecular weight excluding hydrogens is 545 g/mol. The highest BCUT2D eigenvalue weighted by Gasteiger charge is 2.28. The summed E-state index contributed by atoms with van der Waals surface area (Å²) in [5.41, 5.74) is 2.44. The van der Waals surface area contributed by atoms with Crippen molar-refractivity contribution in [3.8, 4) is 11.5 Å². The van der Waals surface area contributed by atoms with E-state index in [1.54, 1.807) is 24.3 Å². The topological polar surface area (TPSA) is 111 Å². The number of thioether (sulfide) groups is 1. The molecule has 12 heteroatoms. The van der Waals surface area contributed by atoms with E-state index in [9.17, 15) is 13.2 Å². The largest absolute Gasteiger partial charge is 0.493 e. The van der Waals surface area contributed by atoms with Gasteiger partial charge in [0.15, 0.2) is 15.8 Å². The lowest BCUT2D eigenvalue weighted by molar-refractivity contribution is -0.114. The van der Waals surface area contributed by atoms with Crippen molar-refractivity contribution in [1.29, 1.82) is 0 Å². The van der Waals surface area contributed by atoms with E-state index in [1.807, 2.05) is 37.3 Å². The Bertz CT molecular complexity index is 1490. The lowest BCUT2D eigenvalue weighted by Crippen LogP contribution is -2.38. The van der Waals surface area contributed by atoms with Gasteiger partial charge < -0.3 is 9.47 Å². The maximum absolute atomic E-state index is 13.7. The molecule has 0 saturated carbocycles. The predicted molar refractivity (Wildman–Crippen MR) is 150 cm³/mol. The third-order valence-electron chi connectivity index (χ3n) is 5.41. The molecule has 0 aliphatic heterocycles. The fourth-order valence-electron chi connectivity index (χ4n) is 3.46. The van der Waals surface area contributed by atoms with Gasteiger partial charge in [-0.15, -0.1) is 10.2 Å². The van der Waals surface area contributed by atoms with E-state index in [-0.39, 0.29) is 15.8 Å². The fraction of sp³-hybridized carbons (Fsp3) is 0.192. The highest BCUT2D eigenvalue weighted by atomic mass is 32.2. The summed E-state index contributed by atoms with van der Waals surface area (Å²) >= 11 is 2.74. The number of aromatic nitrogens is 2. The van der Waals surface area contributed by atoms with E-state index in [4.69, 9.17) is 9.47 Å². The van der Waals surface area contributed by atoms with Crippen molar-refractivity contribution >= 4 is 49.8 Å². The number of ether oxygens (including phenoxy) is 2. The summed E-state index contributed by atoms with van der Waals surface area (Å²) in [7, 11) is -1.25. The average Bonchev–Trinajstić information content (AvgIpc) is 3.38. The number of nitrogens with zero attached hydrogens (tertiary/aromatic N) is 3. The highest BCUT2D eigenvalue weighted by Crippen LogP contribution is 2.33. The normalized spacial score (nSPS) is 11.1. The zero-order valence-electron chi connectivity index (χ0n) is 21.0. The van der Waals surface area contributed by atoms with Crippen LogP contribution in [-0.2, 0) is 20.6 Å². The first-order chi connectivity index (χ1) is 18.3. The van der Waals surface area contributed by atoms with Crippen LogP contribution in [0.15, 0.2) is 82.0 Å². The molecule has 3 aromatic carbocycles. The van der Waals surface area contributed by atoms with Crippen LogP contribution in [0.1, 0.15) is 11.1 Å². The standard InChI is InChI=1S/C26H26N4O5S3/c1-18-9-11-20(12-10-18)30(38(32,33)21-13-14-22(34-2)23(15-21)35-3)16-24(31)27-25-28-29-26(37-25)36-17-19-7-5-4-6-8-19/h4-15H,16-17H2,1-3H3,(H,27,28,31). The molecule has 0 aliphatic carbocycles. The van der Waals surface area contributed by atoms with Crippen LogP contribution in [0, 0.1) is 6.92 Å². The SMILES string of the molecule is COc1ccc(S(=O)(=O)N(CC(=O)Nc2nnc(SCc3ccccc3)s2)c2ccc(C)cc2)cc1OC. The molecule has 0 radical (unpaired) electrons. The molecule has 0 fully saturated rings. The Morgan fingerprint density at radius 1 is 0.974 bits per heavy atom. The second kappa shape index (κ2) is 12.3. The summed E-state index contributed by atoms with van der Waals surface area (Å²) in [4.78, 5) is 13.0. The molecule has 1 amide bonds. The Morgan fingerprint density at radius 2 is 1.68 bits per heavy atom. The second-order valence-electron chi connectivity index (χ2n) is 8.06. The lowest BCUT2D eigenvalue weighted by Gasteiger charge is -2.24. The first-order valence-electron chi connectivity index (χ1n) is 11.4. The summed E-state index contributed by atoms with van der Waals surface area (Å²) in [6, 6.07) is 21.1. The smallest absolute Gasteiger partial charge is 0.264 e. The van der Waals surface area contributed by atoms with Gasteiger partial charge in [0.1, 0.15) is 6.54 Å². The number of benzene rings is 3. The van der Waals surface area contributed by atoms with Crippen LogP contribution in [0.4, 0.5) is 10.8 Å². The van der Waals surface area contributed by atoms with E-state index in [0.717, 1.165) is 15.4 Å². The minimum atomic E-state index is -4.15. The minimum absolute atomic E-state index is 0.0426. The first kappa shape index (κ1) is 27.4. The van der Waals surface area contributed by atoms with Crippen molar-refractivity contribution in [1.82, 2.24) is 10.2 Å². The lowest BCUT2D eigenvalue weighted by atomic mass is 10.2. The van der Waals surface area contributed by atoms with Gasteiger partial charge in [-0.25, -0.2) is 8.42 Å². The van der Waals surface area contributed by atoms with Gasteiger partial charge >= 0.3 is 0 Å². The molecule has 4 aromatic rings. The summed E-state index contributed by atoms with van der Waals surface area (Å²) in [6.07, 6.45) is 0. The molecule has 0 saturated heterocycles. The number of hydrogen-bond donors (Lipinski definition) is 1. The van der Waals surface area contributed by atoms with Gasteiger partial charge in [0, 0.05) is 11.8 Å². The molecule has 0 unspecified atom stereocenters. The number of rotatable bonds is 11. The Morgan fingerprint density at radius 3 is 2.37 bits per heavy atom. The van der Waals surface area contributed by atoms with Crippen molar-refractivity contribution in [3.63, 3.8) is 0 Å². The molecule has 0 aliphatic rings. The van der Waals surface area contributed by atoms with Gasteiger partial charge in [-0.2, -0.15) is 0 Å². The van der Waals surface area contributed by atoms with E-state index >= 15 is 0 Å². The van der Waals surface area contributed by atoms with Crippen LogP contribution in [0.3, 0.4) is 0 Å². The summed E-state index contributed by atoms with van der Waals surface area (Å²) in [6.45, 7) is 1.43. The number of methoxy groups -OCH3 is 2. The number of nitrogens with one attached hydrogen (secondary N) is 1. The van der Waals surface area contributed by atoms with Gasteiger partial charge in [-0.05, 0) is 36.8 Å². The van der Waals surface area contributed by atoms with Gasteiger partial charge in [0.25, 0.3) is 10.0 Å². The molecule has 0 atom stereocenters. The van der Waals surface area contributed by atoms with Gasteiger partial charge in [-0.3, -0.25) is 14.4 Å². The maximum atomic E-state index is 13.7. The molecular formula is C26H26N4O5S3. The molecule has 1 N–H and O–H groups in total. The van der Waals surface area contributed by atoms with Crippen LogP contribution >= 0.6 is 23.1 Å². The first-order valence-corrected chi connectivity index (χ1v) is 14.7. The second-order valence-corrected chi connectivity index (χ2v) is 12.1. The average molecular weight is 571 g/mol. The summed E-state index contributed by atoms with van der Waals surface area (Å²) < 4.78 is 39.7. The third-order valence-corrected chi connectivity index (χ3v) is 9.22. The van der Waals surface area contributed by atoms with Crippen LogP contribution in [-0.4, -0.2) is 45.3 Å². The molecule has 1 aromatic heterocycles. The number of carbonyl (C=O) groups is 1. The van der Waals surface area contributed by atoms with E-state index in [2.05, 4.69) is 15.5 Å². The van der Waals surface area contributed by atoms with Gasteiger partial charge in [0.2, 0.25) is 11.0 Å². The summed E-state index contributed by atoms with van der Waals surface area (Å²) in [5, 5.41) is 11.1. The Labute approximate surface area is 229 Å². The summed E-state index contributed by atoms with van der Waals surface area (Å²) in [5.74, 6) is 0.818. The zero-order chi connectivity index (χ0) is 27.1. The Kier molecular flexibility index (Phi) is 8.87. The molecule has 9 nitrogen and oxygen atoms in total. The fourth-order valence-corrected chi connectivity index (χ4v) is 6.62. The minimum Gasteiger partial charge on any atom is -0.493 e. The number of aryl methyl sites for hydroxylation is 1. The molecule has 0 spiro atoms.